The Bertz CT molecular complexity index is 943. The molecule has 1 aliphatic rings. The minimum absolute atomic E-state index is 0.0334. The summed E-state index contributed by atoms with van der Waals surface area (Å²) in [5.41, 5.74) is 2.07. The van der Waals surface area contributed by atoms with Crippen LogP contribution >= 0.6 is 0 Å². The molecule has 2 heterocycles. The van der Waals surface area contributed by atoms with Crippen LogP contribution < -0.4 is 4.74 Å². The lowest BCUT2D eigenvalue weighted by Crippen LogP contribution is -2.50. The van der Waals surface area contributed by atoms with Crippen molar-refractivity contribution in [3.63, 3.8) is 0 Å². The van der Waals surface area contributed by atoms with Crippen molar-refractivity contribution in [3.8, 4) is 5.75 Å². The molecule has 0 spiro atoms. The van der Waals surface area contributed by atoms with Gasteiger partial charge >= 0.3 is 0 Å². The molecule has 1 saturated heterocycles. The second kappa shape index (κ2) is 8.96. The van der Waals surface area contributed by atoms with E-state index in [0.717, 1.165) is 11.3 Å². The Balaban J connectivity index is 1.46. The second-order valence-electron chi connectivity index (χ2n) is 7.27. The van der Waals surface area contributed by atoms with E-state index in [1.54, 1.807) is 18.7 Å². The first-order valence-electron chi connectivity index (χ1n) is 9.78. The van der Waals surface area contributed by atoms with Crippen molar-refractivity contribution < 1.29 is 17.9 Å². The van der Waals surface area contributed by atoms with Gasteiger partial charge in [0.25, 0.3) is 0 Å². The summed E-state index contributed by atoms with van der Waals surface area (Å²) in [7, 11) is -3.60. The molecule has 0 saturated carbocycles. The van der Waals surface area contributed by atoms with Crippen molar-refractivity contribution in [1.29, 1.82) is 0 Å². The topological polar surface area (TPSA) is 95.6 Å². The van der Waals surface area contributed by atoms with E-state index < -0.39 is 10.0 Å². The summed E-state index contributed by atoms with van der Waals surface area (Å²) in [5, 5.41) is 6.70. The van der Waals surface area contributed by atoms with Gasteiger partial charge in [-0.05, 0) is 38.8 Å². The van der Waals surface area contributed by atoms with Crippen molar-refractivity contribution >= 4 is 15.9 Å². The number of amides is 1. The normalized spacial score (nSPS) is 15.5. The van der Waals surface area contributed by atoms with Gasteiger partial charge in [-0.2, -0.15) is 9.40 Å². The lowest BCUT2D eigenvalue weighted by atomic mass is 10.2. The van der Waals surface area contributed by atoms with E-state index in [1.807, 2.05) is 31.2 Å². The van der Waals surface area contributed by atoms with E-state index in [1.165, 1.54) is 4.31 Å². The molecular formula is C20H28N4O4S. The maximum Gasteiger partial charge on any atom is 0.246 e. The Morgan fingerprint density at radius 1 is 1.14 bits per heavy atom. The summed E-state index contributed by atoms with van der Waals surface area (Å²) in [6, 6.07) is 7.79. The minimum Gasteiger partial charge on any atom is -0.493 e. The molecule has 1 aromatic heterocycles. The number of ether oxygens (including phenoxy) is 1. The first-order valence-corrected chi connectivity index (χ1v) is 11.2. The zero-order valence-corrected chi connectivity index (χ0v) is 18.0. The largest absolute Gasteiger partial charge is 0.493 e. The Morgan fingerprint density at radius 3 is 2.45 bits per heavy atom. The van der Waals surface area contributed by atoms with Crippen LogP contribution in [0.4, 0.5) is 0 Å². The Hall–Kier alpha value is -2.39. The molecule has 1 aromatic carbocycles. The minimum atomic E-state index is -3.60. The smallest absolute Gasteiger partial charge is 0.246 e. The van der Waals surface area contributed by atoms with Crippen LogP contribution in [-0.2, 0) is 14.8 Å². The maximum atomic E-state index is 12.9. The number of nitrogens with one attached hydrogen (secondary N) is 1. The van der Waals surface area contributed by atoms with Crippen LogP contribution in [0.25, 0.3) is 0 Å². The number of carbonyl (C=O) groups is 1. The van der Waals surface area contributed by atoms with Crippen LogP contribution in [0.15, 0.2) is 29.2 Å². The number of aryl methyl sites for hydroxylation is 3. The van der Waals surface area contributed by atoms with E-state index in [0.29, 0.717) is 43.9 Å². The quantitative estimate of drug-likeness (QED) is 0.692. The number of hydrogen-bond donors (Lipinski definition) is 1. The lowest BCUT2D eigenvalue weighted by molar-refractivity contribution is -0.132. The van der Waals surface area contributed by atoms with Crippen LogP contribution in [0.3, 0.4) is 0 Å². The van der Waals surface area contributed by atoms with E-state index >= 15 is 0 Å². The fraction of sp³-hybridized carbons (Fsp3) is 0.500. The Morgan fingerprint density at radius 2 is 1.83 bits per heavy atom. The molecule has 1 amide bonds. The average Bonchev–Trinajstić information content (AvgIpc) is 3.05. The highest BCUT2D eigenvalue weighted by Gasteiger charge is 2.33. The van der Waals surface area contributed by atoms with Crippen molar-refractivity contribution in [2.24, 2.45) is 0 Å². The zero-order chi connectivity index (χ0) is 21.0. The molecular weight excluding hydrogens is 392 g/mol. The summed E-state index contributed by atoms with van der Waals surface area (Å²) in [5.74, 6) is 0.870. The first kappa shape index (κ1) is 21.3. The van der Waals surface area contributed by atoms with Gasteiger partial charge in [0, 0.05) is 32.6 Å². The molecule has 0 aliphatic carbocycles. The number of benzene rings is 1. The molecule has 1 aliphatic heterocycles. The number of piperazine rings is 1. The third kappa shape index (κ3) is 4.79. The summed E-state index contributed by atoms with van der Waals surface area (Å²) < 4.78 is 32.9. The number of H-pyrrole nitrogens is 1. The van der Waals surface area contributed by atoms with Crippen molar-refractivity contribution in [2.75, 3.05) is 32.8 Å². The number of aromatic nitrogens is 2. The average molecular weight is 421 g/mol. The predicted molar refractivity (Wildman–Crippen MR) is 109 cm³/mol. The molecule has 8 nitrogen and oxygen atoms in total. The van der Waals surface area contributed by atoms with Crippen molar-refractivity contribution in [1.82, 2.24) is 19.4 Å². The van der Waals surface area contributed by atoms with E-state index in [2.05, 4.69) is 10.2 Å². The maximum absolute atomic E-state index is 12.9. The third-order valence-corrected chi connectivity index (χ3v) is 7.30. The molecule has 0 bridgehead atoms. The van der Waals surface area contributed by atoms with Gasteiger partial charge in [0.15, 0.2) is 0 Å². The van der Waals surface area contributed by atoms with Gasteiger partial charge in [0.1, 0.15) is 10.6 Å². The van der Waals surface area contributed by atoms with E-state index in [4.69, 9.17) is 4.74 Å². The van der Waals surface area contributed by atoms with Crippen molar-refractivity contribution in [3.05, 3.63) is 41.2 Å². The summed E-state index contributed by atoms with van der Waals surface area (Å²) >= 11 is 0. The molecule has 9 heteroatoms. The van der Waals surface area contributed by atoms with E-state index in [-0.39, 0.29) is 23.9 Å². The Labute approximate surface area is 171 Å². The summed E-state index contributed by atoms with van der Waals surface area (Å²) in [6.45, 7) is 7.21. The molecule has 2 aromatic rings. The number of carbonyl (C=O) groups excluding carboxylic acids is 1. The second-order valence-corrected chi connectivity index (χ2v) is 9.14. The number of aromatic amines is 1. The van der Waals surface area contributed by atoms with Gasteiger partial charge in [0.05, 0.1) is 18.0 Å². The number of nitrogens with zero attached hydrogens (tertiary/aromatic N) is 3. The standard InChI is InChI=1S/C20H28N4O4S/c1-15-7-4-5-8-18(15)28-14-6-9-19(25)23-10-12-24(13-11-23)29(26,27)20-16(2)21-22-17(20)3/h4-5,7-8H,6,9-14H2,1-3H3,(H,21,22). The van der Waals surface area contributed by atoms with Gasteiger partial charge in [-0.15, -0.1) is 0 Å². The summed E-state index contributed by atoms with van der Waals surface area (Å²) in [4.78, 5) is 14.4. The van der Waals surface area contributed by atoms with Crippen molar-refractivity contribution in [2.45, 2.75) is 38.5 Å². The van der Waals surface area contributed by atoms with Crippen LogP contribution in [0, 0.1) is 20.8 Å². The predicted octanol–water partition coefficient (Wildman–Crippen LogP) is 2.03. The van der Waals surface area contributed by atoms with Gasteiger partial charge in [-0.1, -0.05) is 18.2 Å². The molecule has 1 fully saturated rings. The molecule has 3 rings (SSSR count). The number of rotatable bonds is 7. The zero-order valence-electron chi connectivity index (χ0n) is 17.1. The summed E-state index contributed by atoms with van der Waals surface area (Å²) in [6.07, 6.45) is 1.01. The van der Waals surface area contributed by atoms with Crippen LogP contribution in [0.1, 0.15) is 29.8 Å². The highest BCUT2D eigenvalue weighted by atomic mass is 32.2. The van der Waals surface area contributed by atoms with Crippen LogP contribution in [0.2, 0.25) is 0 Å². The molecule has 0 atom stereocenters. The van der Waals surface area contributed by atoms with Gasteiger partial charge in [-0.3, -0.25) is 9.89 Å². The molecule has 29 heavy (non-hydrogen) atoms. The van der Waals surface area contributed by atoms with Crippen LogP contribution in [-0.4, -0.2) is 66.5 Å². The Kier molecular flexibility index (Phi) is 6.59. The highest BCUT2D eigenvalue weighted by molar-refractivity contribution is 7.89. The molecule has 0 radical (unpaired) electrons. The molecule has 1 N–H and O–H groups in total. The number of hydrogen-bond acceptors (Lipinski definition) is 5. The number of sulfonamides is 1. The fourth-order valence-corrected chi connectivity index (χ4v) is 5.26. The monoisotopic (exact) mass is 420 g/mol. The molecule has 158 valence electrons. The number of para-hydroxylation sites is 1. The van der Waals surface area contributed by atoms with Gasteiger partial charge < -0.3 is 9.64 Å². The van der Waals surface area contributed by atoms with Gasteiger partial charge in [-0.25, -0.2) is 8.42 Å². The van der Waals surface area contributed by atoms with Crippen LogP contribution in [0.5, 0.6) is 5.75 Å². The lowest BCUT2D eigenvalue weighted by Gasteiger charge is -2.34. The molecule has 0 unspecified atom stereocenters. The SMILES string of the molecule is Cc1ccccc1OCCCC(=O)N1CCN(S(=O)(=O)c2c(C)n[nH]c2C)CC1. The third-order valence-electron chi connectivity index (χ3n) is 5.14. The fourth-order valence-electron chi connectivity index (χ4n) is 3.51. The van der Waals surface area contributed by atoms with E-state index in [9.17, 15) is 13.2 Å². The van der Waals surface area contributed by atoms with Gasteiger partial charge in [0.2, 0.25) is 15.9 Å². The highest BCUT2D eigenvalue weighted by Crippen LogP contribution is 2.23. The first-order chi connectivity index (χ1) is 13.8.